The second-order valence-electron chi connectivity index (χ2n) is 10.9. The summed E-state index contributed by atoms with van der Waals surface area (Å²) in [6, 6.07) is 15.4. The van der Waals surface area contributed by atoms with Crippen molar-refractivity contribution in [3.8, 4) is 28.1 Å². The summed E-state index contributed by atoms with van der Waals surface area (Å²) < 4.78 is 34.8. The molecule has 1 amide bonds. The monoisotopic (exact) mass is 733 g/mol. The maximum atomic E-state index is 13.7. The van der Waals surface area contributed by atoms with Gasteiger partial charge >= 0.3 is 12.1 Å². The highest BCUT2D eigenvalue weighted by Gasteiger charge is 2.38. The normalized spacial score (nSPS) is 16.3. The first-order valence-corrected chi connectivity index (χ1v) is 15.7. The average Bonchev–Trinajstić information content (AvgIpc) is 3.48. The van der Waals surface area contributed by atoms with Gasteiger partial charge in [-0.2, -0.15) is 13.2 Å². The molecule has 254 valence electrons. The topological polar surface area (TPSA) is 145 Å². The number of nitrogens with zero attached hydrogens (tertiary/aromatic N) is 6. The number of anilines is 1. The molecular formula is C32H25Cl3F3N7O4. The number of hydrogen-bond acceptors (Lipinski definition) is 7. The van der Waals surface area contributed by atoms with Crippen molar-refractivity contribution in [2.45, 2.75) is 38.4 Å². The molecule has 1 aliphatic heterocycles. The number of fused-ring (bicyclic) bond motifs is 4. The third kappa shape index (κ3) is 8.27. The third-order valence-electron chi connectivity index (χ3n) is 7.61. The van der Waals surface area contributed by atoms with Crippen LogP contribution in [-0.2, 0) is 9.59 Å². The fourth-order valence-corrected chi connectivity index (χ4v) is 5.79. The second-order valence-corrected chi connectivity index (χ2v) is 12.2. The van der Waals surface area contributed by atoms with Gasteiger partial charge in [0.1, 0.15) is 0 Å². The van der Waals surface area contributed by atoms with Gasteiger partial charge < -0.3 is 10.4 Å². The SMILES string of the molecule is C[C@@H]1CCC[C@H](n2cnc(-c3cc(Cl)ccc3-n3cc(Cl)nn3)cc2=O)c2cc(ccn2)-c2c(Cl)cccc2NC1=O.O=C(O)C(F)(F)F. The molecule has 5 aromatic rings. The number of aliphatic carboxylic acids is 1. The number of alkyl halides is 3. The van der Waals surface area contributed by atoms with Crippen molar-refractivity contribution in [1.82, 2.24) is 29.5 Å². The number of amides is 1. The molecule has 0 radical (unpaired) electrons. The number of hydrogen-bond donors (Lipinski definition) is 2. The summed E-state index contributed by atoms with van der Waals surface area (Å²) in [4.78, 5) is 44.9. The van der Waals surface area contributed by atoms with Crippen molar-refractivity contribution in [2.75, 3.05) is 5.32 Å². The molecule has 11 nitrogen and oxygen atoms in total. The Bertz CT molecular complexity index is 2090. The predicted molar refractivity (Wildman–Crippen MR) is 177 cm³/mol. The summed E-state index contributed by atoms with van der Waals surface area (Å²) in [5.74, 6) is -3.08. The Hall–Kier alpha value is -4.79. The zero-order valence-electron chi connectivity index (χ0n) is 25.3. The van der Waals surface area contributed by atoms with Gasteiger partial charge in [0.05, 0.1) is 46.4 Å². The van der Waals surface area contributed by atoms with Crippen molar-refractivity contribution in [3.63, 3.8) is 0 Å². The van der Waals surface area contributed by atoms with Crippen LogP contribution in [0.25, 0.3) is 28.1 Å². The molecule has 3 aromatic heterocycles. The molecule has 1 aliphatic rings. The smallest absolute Gasteiger partial charge is 0.475 e. The molecule has 6 rings (SSSR count). The molecule has 17 heteroatoms. The summed E-state index contributed by atoms with van der Waals surface area (Å²) in [6.45, 7) is 1.89. The van der Waals surface area contributed by atoms with Crippen LogP contribution in [-0.4, -0.2) is 52.7 Å². The van der Waals surface area contributed by atoms with Gasteiger partial charge in [0.15, 0.2) is 5.15 Å². The number of carbonyl (C=O) groups is 2. The number of halogens is 6. The minimum atomic E-state index is -5.08. The summed E-state index contributed by atoms with van der Waals surface area (Å²) in [6.07, 6.45) is 1.58. The van der Waals surface area contributed by atoms with Gasteiger partial charge in [-0.1, -0.05) is 59.4 Å². The van der Waals surface area contributed by atoms with E-state index in [1.54, 1.807) is 47.3 Å². The minimum Gasteiger partial charge on any atom is -0.475 e. The van der Waals surface area contributed by atoms with Crippen LogP contribution in [0.5, 0.6) is 0 Å². The largest absolute Gasteiger partial charge is 0.490 e. The molecule has 2 N–H and O–H groups in total. The van der Waals surface area contributed by atoms with E-state index in [1.165, 1.54) is 17.1 Å². The van der Waals surface area contributed by atoms with Crippen LogP contribution in [0.2, 0.25) is 15.2 Å². The number of carboxylic acids is 1. The zero-order valence-corrected chi connectivity index (χ0v) is 27.6. The Morgan fingerprint density at radius 1 is 1.02 bits per heavy atom. The van der Waals surface area contributed by atoms with Crippen LogP contribution in [0, 0.1) is 5.92 Å². The maximum absolute atomic E-state index is 13.7. The molecule has 0 saturated carbocycles. The molecule has 49 heavy (non-hydrogen) atoms. The van der Waals surface area contributed by atoms with Crippen LogP contribution >= 0.6 is 34.8 Å². The van der Waals surface area contributed by atoms with Crippen molar-refractivity contribution in [1.29, 1.82) is 0 Å². The second kappa shape index (κ2) is 14.8. The lowest BCUT2D eigenvalue weighted by Crippen LogP contribution is -2.27. The lowest BCUT2D eigenvalue weighted by atomic mass is 9.95. The molecular weight excluding hydrogens is 710 g/mol. The standard InChI is InChI=1S/C30H24Cl3N7O2.C2HF3O2/c1-17-4-2-7-26(24-12-18(10-11-34-24)29-21(32)5-3-6-22(29)36-30(17)42)39-16-35-23(14-28(39)41)20-13-19(31)8-9-25(20)40-15-27(33)37-38-40;3-2(4,5)1(6)7/h3,5-6,8-17,26H,2,4,7H2,1H3,(H,36,42);(H,6,7)/t17-,26+;/m1./s1. The zero-order chi connectivity index (χ0) is 35.5. The van der Waals surface area contributed by atoms with Gasteiger partial charge in [-0.05, 0) is 60.9 Å². The van der Waals surface area contributed by atoms with Crippen LogP contribution in [0.1, 0.15) is 37.9 Å². The summed E-state index contributed by atoms with van der Waals surface area (Å²) >= 11 is 18.9. The van der Waals surface area contributed by atoms with Crippen molar-refractivity contribution in [3.05, 3.63) is 105 Å². The van der Waals surface area contributed by atoms with Crippen LogP contribution in [0.3, 0.4) is 0 Å². The summed E-state index contributed by atoms with van der Waals surface area (Å²) in [5.41, 5.74) is 4.16. The Balaban J connectivity index is 0.000000606. The van der Waals surface area contributed by atoms with Crippen LogP contribution in [0.4, 0.5) is 18.9 Å². The van der Waals surface area contributed by atoms with Crippen LogP contribution < -0.4 is 10.9 Å². The number of pyridine rings is 1. The molecule has 4 heterocycles. The molecule has 0 saturated heterocycles. The summed E-state index contributed by atoms with van der Waals surface area (Å²) in [7, 11) is 0. The van der Waals surface area contributed by atoms with Crippen LogP contribution in [0.15, 0.2) is 78.1 Å². The average molecular weight is 735 g/mol. The van der Waals surface area contributed by atoms with Gasteiger partial charge in [-0.15, -0.1) is 5.10 Å². The third-order valence-corrected chi connectivity index (χ3v) is 8.33. The number of nitrogens with one attached hydrogen (secondary N) is 1. The van der Waals surface area contributed by atoms with Gasteiger partial charge in [0.25, 0.3) is 5.56 Å². The fourth-order valence-electron chi connectivity index (χ4n) is 5.21. The Morgan fingerprint density at radius 2 is 1.78 bits per heavy atom. The molecule has 0 spiro atoms. The van der Waals surface area contributed by atoms with E-state index in [9.17, 15) is 22.8 Å². The first kappa shape index (κ1) is 35.5. The predicted octanol–water partition coefficient (Wildman–Crippen LogP) is 7.49. The van der Waals surface area contributed by atoms with Crippen molar-refractivity contribution < 1.29 is 27.9 Å². The maximum Gasteiger partial charge on any atom is 0.490 e. The van der Waals surface area contributed by atoms with E-state index in [-0.39, 0.29) is 22.5 Å². The van der Waals surface area contributed by atoms with Gasteiger partial charge in [0, 0.05) is 34.3 Å². The van der Waals surface area contributed by atoms with Gasteiger partial charge in [0.2, 0.25) is 5.91 Å². The number of aromatic nitrogens is 6. The lowest BCUT2D eigenvalue weighted by molar-refractivity contribution is -0.192. The Labute approximate surface area is 291 Å². The quantitative estimate of drug-likeness (QED) is 0.194. The van der Waals surface area contributed by atoms with E-state index in [2.05, 4.69) is 25.6 Å². The van der Waals surface area contributed by atoms with E-state index in [1.807, 2.05) is 25.1 Å². The highest BCUT2D eigenvalue weighted by molar-refractivity contribution is 6.34. The summed E-state index contributed by atoms with van der Waals surface area (Å²) in [5, 5.41) is 19.3. The molecule has 2 bridgehead atoms. The Morgan fingerprint density at radius 3 is 2.45 bits per heavy atom. The van der Waals surface area contributed by atoms with Crippen molar-refractivity contribution in [2.24, 2.45) is 5.92 Å². The number of benzene rings is 2. The van der Waals surface area contributed by atoms with E-state index in [0.717, 1.165) is 5.56 Å². The van der Waals surface area contributed by atoms with E-state index < -0.39 is 18.2 Å². The van der Waals surface area contributed by atoms with E-state index in [4.69, 9.17) is 44.7 Å². The lowest BCUT2D eigenvalue weighted by Gasteiger charge is -2.23. The Kier molecular flexibility index (Phi) is 10.7. The van der Waals surface area contributed by atoms with Gasteiger partial charge in [-0.25, -0.2) is 14.5 Å². The van der Waals surface area contributed by atoms with E-state index in [0.29, 0.717) is 63.2 Å². The highest BCUT2D eigenvalue weighted by Crippen LogP contribution is 2.37. The molecule has 0 unspecified atom stereocenters. The highest BCUT2D eigenvalue weighted by atomic mass is 35.5. The fraction of sp³-hybridized carbons (Fsp3) is 0.219. The first-order valence-electron chi connectivity index (χ1n) is 14.5. The molecule has 2 atom stereocenters. The number of carboxylic acid groups (broad SMARTS) is 1. The first-order chi connectivity index (χ1) is 23.2. The van der Waals surface area contributed by atoms with Crippen molar-refractivity contribution >= 4 is 52.4 Å². The van der Waals surface area contributed by atoms with Gasteiger partial charge in [-0.3, -0.25) is 19.1 Å². The van der Waals surface area contributed by atoms with E-state index >= 15 is 0 Å². The molecule has 2 aromatic carbocycles. The number of rotatable bonds is 3. The molecule has 0 fully saturated rings. The molecule has 0 aliphatic carbocycles. The number of carbonyl (C=O) groups excluding carboxylic acids is 1. The minimum absolute atomic E-state index is 0.0842.